The molecule has 110 valence electrons. The van der Waals surface area contributed by atoms with Crippen LogP contribution in [0.2, 0.25) is 0 Å². The van der Waals surface area contributed by atoms with Gasteiger partial charge in [-0.3, -0.25) is 0 Å². The number of aromatic nitrogens is 3. The Kier molecular flexibility index (Phi) is 3.94. The van der Waals surface area contributed by atoms with Crippen molar-refractivity contribution in [2.75, 3.05) is 13.1 Å². The number of rotatable bonds is 2. The summed E-state index contributed by atoms with van der Waals surface area (Å²) >= 11 is 0. The third-order valence-electron chi connectivity index (χ3n) is 3.86. The molecule has 0 radical (unpaired) electrons. The van der Waals surface area contributed by atoms with E-state index in [4.69, 9.17) is 4.52 Å². The van der Waals surface area contributed by atoms with Crippen LogP contribution >= 0.6 is 12.4 Å². The van der Waals surface area contributed by atoms with Gasteiger partial charge in [0.15, 0.2) is 0 Å². The SMILES string of the molecule is Cl.c1ccc2[nH]c(-c3noc([C@H]4CCCNC4)n3)cc2c1. The summed E-state index contributed by atoms with van der Waals surface area (Å²) in [6, 6.07) is 10.2. The first kappa shape index (κ1) is 14.1. The first-order valence-corrected chi connectivity index (χ1v) is 7.02. The highest BCUT2D eigenvalue weighted by Gasteiger charge is 2.22. The number of H-pyrrole nitrogens is 1. The minimum absolute atomic E-state index is 0. The molecule has 3 heterocycles. The van der Waals surface area contributed by atoms with Gasteiger partial charge in [0.1, 0.15) is 0 Å². The van der Waals surface area contributed by atoms with Gasteiger partial charge >= 0.3 is 0 Å². The van der Waals surface area contributed by atoms with Crippen LogP contribution in [0.25, 0.3) is 22.4 Å². The maximum Gasteiger partial charge on any atom is 0.231 e. The number of hydrogen-bond acceptors (Lipinski definition) is 4. The number of para-hydroxylation sites is 1. The Labute approximate surface area is 128 Å². The zero-order valence-electron chi connectivity index (χ0n) is 11.5. The van der Waals surface area contributed by atoms with Crippen LogP contribution in [0.3, 0.4) is 0 Å². The number of nitrogens with zero attached hydrogens (tertiary/aromatic N) is 2. The van der Waals surface area contributed by atoms with Crippen molar-refractivity contribution in [1.82, 2.24) is 20.4 Å². The predicted octanol–water partition coefficient (Wildman–Crippen LogP) is 3.11. The summed E-state index contributed by atoms with van der Waals surface area (Å²) in [7, 11) is 0. The predicted molar refractivity (Wildman–Crippen MR) is 83.7 cm³/mol. The second-order valence-corrected chi connectivity index (χ2v) is 5.27. The van der Waals surface area contributed by atoms with Gasteiger partial charge < -0.3 is 14.8 Å². The first-order chi connectivity index (χ1) is 9.90. The highest BCUT2D eigenvalue weighted by molar-refractivity contribution is 5.85. The summed E-state index contributed by atoms with van der Waals surface area (Å²) in [6.45, 7) is 2.01. The molecule has 21 heavy (non-hydrogen) atoms. The van der Waals surface area contributed by atoms with Gasteiger partial charge in [0.2, 0.25) is 11.7 Å². The largest absolute Gasteiger partial charge is 0.352 e. The van der Waals surface area contributed by atoms with Crippen LogP contribution in [0.5, 0.6) is 0 Å². The lowest BCUT2D eigenvalue weighted by Gasteiger charge is -2.18. The van der Waals surface area contributed by atoms with Crippen LogP contribution < -0.4 is 5.32 Å². The van der Waals surface area contributed by atoms with Crippen LogP contribution in [-0.2, 0) is 0 Å². The summed E-state index contributed by atoms with van der Waals surface area (Å²) in [5, 5.41) is 8.64. The second-order valence-electron chi connectivity index (χ2n) is 5.27. The Balaban J connectivity index is 0.00000132. The molecular formula is C15H17ClN4O. The van der Waals surface area contributed by atoms with Gasteiger partial charge in [-0.15, -0.1) is 12.4 Å². The van der Waals surface area contributed by atoms with Crippen LogP contribution in [0.4, 0.5) is 0 Å². The number of halogens is 1. The zero-order valence-corrected chi connectivity index (χ0v) is 12.3. The molecule has 6 heteroatoms. The fourth-order valence-electron chi connectivity index (χ4n) is 2.77. The van der Waals surface area contributed by atoms with E-state index >= 15 is 0 Å². The average molecular weight is 305 g/mol. The second kappa shape index (κ2) is 5.87. The monoisotopic (exact) mass is 304 g/mol. The number of hydrogen-bond donors (Lipinski definition) is 2. The molecule has 3 aromatic rings. The van der Waals surface area contributed by atoms with Crippen molar-refractivity contribution in [3.8, 4) is 11.5 Å². The van der Waals surface area contributed by atoms with E-state index in [1.165, 1.54) is 0 Å². The lowest BCUT2D eigenvalue weighted by Crippen LogP contribution is -2.28. The molecule has 5 nitrogen and oxygen atoms in total. The Morgan fingerprint density at radius 2 is 2.14 bits per heavy atom. The fourth-order valence-corrected chi connectivity index (χ4v) is 2.77. The van der Waals surface area contributed by atoms with Crippen molar-refractivity contribution in [2.24, 2.45) is 0 Å². The quantitative estimate of drug-likeness (QED) is 0.763. The van der Waals surface area contributed by atoms with Gasteiger partial charge in [-0.2, -0.15) is 4.98 Å². The summed E-state index contributed by atoms with van der Waals surface area (Å²) in [5.74, 6) is 1.72. The van der Waals surface area contributed by atoms with Gasteiger partial charge in [-0.25, -0.2) is 0 Å². The molecule has 1 aliphatic heterocycles. The number of aromatic amines is 1. The Bertz CT molecular complexity index is 697. The zero-order chi connectivity index (χ0) is 13.4. The summed E-state index contributed by atoms with van der Waals surface area (Å²) in [5.41, 5.74) is 2.00. The number of nitrogens with one attached hydrogen (secondary N) is 2. The Hall–Kier alpha value is -1.85. The Morgan fingerprint density at radius 3 is 2.95 bits per heavy atom. The normalized spacial score (nSPS) is 18.6. The van der Waals surface area contributed by atoms with Gasteiger partial charge in [0, 0.05) is 17.4 Å². The van der Waals surface area contributed by atoms with E-state index in [1.807, 2.05) is 18.2 Å². The van der Waals surface area contributed by atoms with Crippen LogP contribution in [0.15, 0.2) is 34.9 Å². The third-order valence-corrected chi connectivity index (χ3v) is 3.86. The number of fused-ring (bicyclic) bond motifs is 1. The molecule has 1 saturated heterocycles. The molecule has 1 fully saturated rings. The van der Waals surface area contributed by atoms with Crippen LogP contribution in [0, 0.1) is 0 Å². The van der Waals surface area contributed by atoms with Crippen molar-refractivity contribution < 1.29 is 4.52 Å². The number of piperidine rings is 1. The van der Waals surface area contributed by atoms with Crippen molar-refractivity contribution in [1.29, 1.82) is 0 Å². The summed E-state index contributed by atoms with van der Waals surface area (Å²) in [4.78, 5) is 7.88. The standard InChI is InChI=1S/C15H16N4O.ClH/c1-2-6-12-10(4-1)8-13(17-12)14-18-15(20-19-14)11-5-3-7-16-9-11;/h1-2,4,6,8,11,16-17H,3,5,7,9H2;1H/t11-;/m0./s1. The molecule has 1 atom stereocenters. The van der Waals surface area contributed by atoms with Crippen molar-refractivity contribution in [3.05, 3.63) is 36.2 Å². The minimum atomic E-state index is 0. The van der Waals surface area contributed by atoms with E-state index in [1.54, 1.807) is 0 Å². The molecule has 1 aromatic carbocycles. The van der Waals surface area contributed by atoms with Gasteiger partial charge in [0.05, 0.1) is 11.6 Å². The number of benzene rings is 1. The molecule has 0 unspecified atom stereocenters. The highest BCUT2D eigenvalue weighted by Crippen LogP contribution is 2.26. The molecule has 4 rings (SSSR count). The summed E-state index contributed by atoms with van der Waals surface area (Å²) < 4.78 is 5.43. The lowest BCUT2D eigenvalue weighted by molar-refractivity contribution is 0.322. The topological polar surface area (TPSA) is 66.7 Å². The fraction of sp³-hybridized carbons (Fsp3) is 0.333. The van der Waals surface area contributed by atoms with E-state index in [2.05, 4.69) is 32.6 Å². The molecule has 1 aliphatic rings. The summed E-state index contributed by atoms with van der Waals surface area (Å²) in [6.07, 6.45) is 2.27. The van der Waals surface area contributed by atoms with Crippen molar-refractivity contribution in [2.45, 2.75) is 18.8 Å². The maximum absolute atomic E-state index is 5.43. The van der Waals surface area contributed by atoms with Crippen LogP contribution in [0.1, 0.15) is 24.7 Å². The molecule has 0 saturated carbocycles. The Morgan fingerprint density at radius 1 is 1.24 bits per heavy atom. The smallest absolute Gasteiger partial charge is 0.231 e. The van der Waals surface area contributed by atoms with E-state index < -0.39 is 0 Å². The van der Waals surface area contributed by atoms with E-state index in [-0.39, 0.29) is 12.4 Å². The van der Waals surface area contributed by atoms with Crippen molar-refractivity contribution in [3.63, 3.8) is 0 Å². The average Bonchev–Trinajstić information content (AvgIpc) is 3.14. The van der Waals surface area contributed by atoms with Gasteiger partial charge in [-0.1, -0.05) is 23.4 Å². The minimum Gasteiger partial charge on any atom is -0.352 e. The molecular weight excluding hydrogens is 288 g/mol. The van der Waals surface area contributed by atoms with E-state index in [9.17, 15) is 0 Å². The molecule has 2 N–H and O–H groups in total. The molecule has 0 aliphatic carbocycles. The third kappa shape index (κ3) is 2.66. The lowest BCUT2D eigenvalue weighted by atomic mass is 10.00. The van der Waals surface area contributed by atoms with E-state index in [0.717, 1.165) is 48.4 Å². The van der Waals surface area contributed by atoms with E-state index in [0.29, 0.717) is 11.7 Å². The van der Waals surface area contributed by atoms with Gasteiger partial charge in [-0.05, 0) is 31.5 Å². The van der Waals surface area contributed by atoms with Crippen LogP contribution in [-0.4, -0.2) is 28.2 Å². The molecule has 0 spiro atoms. The van der Waals surface area contributed by atoms with Gasteiger partial charge in [0.25, 0.3) is 0 Å². The molecule has 0 amide bonds. The first-order valence-electron chi connectivity index (χ1n) is 7.02. The molecule has 0 bridgehead atoms. The highest BCUT2D eigenvalue weighted by atomic mass is 35.5. The maximum atomic E-state index is 5.43. The van der Waals surface area contributed by atoms with Crippen molar-refractivity contribution >= 4 is 23.3 Å². The molecule has 2 aromatic heterocycles.